The van der Waals surface area contributed by atoms with E-state index in [0.717, 1.165) is 0 Å². The van der Waals surface area contributed by atoms with Crippen molar-refractivity contribution < 1.29 is 25.3 Å². The van der Waals surface area contributed by atoms with Gasteiger partial charge in [0.1, 0.15) is 6.02 Å². The lowest BCUT2D eigenvalue weighted by molar-refractivity contribution is -0.136. The van der Waals surface area contributed by atoms with Crippen molar-refractivity contribution in [3.63, 3.8) is 0 Å². The first kappa shape index (κ1) is 5.73. The van der Waals surface area contributed by atoms with Crippen molar-refractivity contribution in [1.29, 1.82) is 0 Å². The van der Waals surface area contributed by atoms with E-state index < -0.39 is 78.0 Å². The molecule has 3 amide bonds. The quantitative estimate of drug-likeness (QED) is 0.554. The monoisotopic (exact) mass is 267 g/mol. The highest BCUT2D eigenvalue weighted by molar-refractivity contribution is 6.06. The topological polar surface area (TPSA) is 92.5 Å². The number of nitrogens with two attached hydrogens (primary N) is 1. The molecule has 0 radical (unpaired) electrons. The van der Waals surface area contributed by atoms with Crippen molar-refractivity contribution in [3.05, 3.63) is 29.3 Å². The molecule has 0 bridgehead atoms. The Labute approximate surface area is 120 Å². The number of piperidine rings is 1. The number of fused-ring (bicyclic) bond motifs is 1. The van der Waals surface area contributed by atoms with E-state index in [1.165, 1.54) is 0 Å². The number of rotatable bonds is 1. The number of amides is 3. The molecule has 1 aromatic carbocycles. The number of nitrogens with one attached hydrogen (secondary N) is 1. The Morgan fingerprint density at radius 1 is 1.47 bits per heavy atom. The van der Waals surface area contributed by atoms with Crippen molar-refractivity contribution in [3.8, 4) is 0 Å². The van der Waals surface area contributed by atoms with Crippen LogP contribution in [0, 0.1) is 0 Å². The molecule has 1 atom stereocenters. The predicted molar refractivity (Wildman–Crippen MR) is 66.9 cm³/mol. The maximum absolute atomic E-state index is 12.9. The summed E-state index contributed by atoms with van der Waals surface area (Å²) in [4.78, 5) is 36.7. The Morgan fingerprint density at radius 3 is 3.00 bits per heavy atom. The highest BCUT2D eigenvalue weighted by Crippen LogP contribution is 2.30. The fraction of sp³-hybridized carbons (Fsp3) is 0.308. The number of anilines is 1. The molecule has 0 spiro atoms. The highest BCUT2D eigenvalue weighted by Gasteiger charge is 2.39. The molecule has 6 nitrogen and oxygen atoms in total. The van der Waals surface area contributed by atoms with E-state index in [-0.39, 0.29) is 4.90 Å². The molecule has 1 unspecified atom stereocenters. The zero-order valence-electron chi connectivity index (χ0n) is 17.5. The van der Waals surface area contributed by atoms with Crippen LogP contribution < -0.4 is 11.1 Å². The van der Waals surface area contributed by atoms with Crippen LogP contribution in [0.2, 0.25) is 0 Å². The summed E-state index contributed by atoms with van der Waals surface area (Å²) < 4.78 is 64.1. The van der Waals surface area contributed by atoms with Crippen molar-refractivity contribution in [1.82, 2.24) is 10.2 Å². The lowest BCUT2D eigenvalue weighted by Crippen LogP contribution is -2.52. The molecule has 0 aliphatic carbocycles. The van der Waals surface area contributed by atoms with Gasteiger partial charge in [0.2, 0.25) is 11.8 Å². The summed E-state index contributed by atoms with van der Waals surface area (Å²) in [7, 11) is 0. The number of nitrogens with zero attached hydrogens (tertiary/aromatic N) is 1. The molecule has 2 aliphatic rings. The molecule has 1 fully saturated rings. The van der Waals surface area contributed by atoms with Gasteiger partial charge >= 0.3 is 0 Å². The molecule has 3 N–H and O–H groups in total. The van der Waals surface area contributed by atoms with Gasteiger partial charge in [0, 0.05) is 32.5 Å². The van der Waals surface area contributed by atoms with E-state index in [4.69, 9.17) is 16.7 Å². The van der Waals surface area contributed by atoms with Crippen molar-refractivity contribution in [2.45, 2.75) is 25.3 Å². The summed E-state index contributed by atoms with van der Waals surface area (Å²) in [5.41, 5.74) is 3.67. The first-order valence-electron chi connectivity index (χ1n) is 9.28. The number of carbonyl (C=O) groups excluding carboxylic acids is 3. The number of nitrogen functional groups attached to an aromatic ring is 1. The molecule has 0 saturated carbocycles. The van der Waals surface area contributed by atoms with E-state index in [0.29, 0.717) is 0 Å². The normalized spacial score (nSPS) is 37.7. The minimum absolute atomic E-state index is 0.0142. The third kappa shape index (κ3) is 1.76. The van der Waals surface area contributed by atoms with Crippen LogP contribution in [0.15, 0.2) is 18.1 Å². The Balaban J connectivity index is 2.32. The lowest BCUT2D eigenvalue weighted by Gasteiger charge is -2.29. The van der Waals surface area contributed by atoms with Gasteiger partial charge in [-0.3, -0.25) is 19.7 Å². The van der Waals surface area contributed by atoms with Crippen LogP contribution in [0.1, 0.15) is 39.7 Å². The second-order valence-corrected chi connectivity index (χ2v) is 3.87. The largest absolute Gasteiger partial charge is 0.398 e. The van der Waals surface area contributed by atoms with Gasteiger partial charge < -0.3 is 10.6 Å². The van der Waals surface area contributed by atoms with Crippen LogP contribution in [0.5, 0.6) is 0 Å². The molecule has 6 heteroatoms. The van der Waals surface area contributed by atoms with Crippen LogP contribution in [0.4, 0.5) is 5.69 Å². The van der Waals surface area contributed by atoms with Gasteiger partial charge in [-0.25, -0.2) is 0 Å². The molecule has 2 heterocycles. The van der Waals surface area contributed by atoms with Gasteiger partial charge in [-0.15, -0.1) is 0 Å². The molecular formula is C13H13N3O3. The third-order valence-electron chi connectivity index (χ3n) is 2.65. The summed E-state index contributed by atoms with van der Waals surface area (Å²) >= 11 is 0. The van der Waals surface area contributed by atoms with Crippen LogP contribution in [0.3, 0.4) is 0 Å². The SMILES string of the molecule is [2H]c1c([2H])c(N)c2c(c1[2H])C(=O)N(C1([2H])C(=O)NC(=O)CC1([2H])[2H])C2([2H])[2H]. The Bertz CT molecular complexity index is 934. The van der Waals surface area contributed by atoms with Crippen LogP contribution in [-0.2, 0) is 16.1 Å². The molecule has 0 aromatic heterocycles. The smallest absolute Gasteiger partial charge is 0.255 e. The van der Waals surface area contributed by atoms with Crippen LogP contribution in [-0.4, -0.2) is 28.6 Å². The molecule has 3 rings (SSSR count). The number of hydrogen-bond donors (Lipinski definition) is 2. The molecule has 2 aliphatic heterocycles. The maximum atomic E-state index is 12.9. The van der Waals surface area contributed by atoms with E-state index in [9.17, 15) is 14.4 Å². The molecule has 19 heavy (non-hydrogen) atoms. The van der Waals surface area contributed by atoms with Gasteiger partial charge in [-0.2, -0.15) is 0 Å². The molecule has 1 saturated heterocycles. The fourth-order valence-corrected chi connectivity index (χ4v) is 1.78. The highest BCUT2D eigenvalue weighted by atomic mass is 16.2. The predicted octanol–water partition coefficient (Wildman–Crippen LogP) is 0.0298. The van der Waals surface area contributed by atoms with E-state index in [2.05, 4.69) is 0 Å². The van der Waals surface area contributed by atoms with E-state index in [1.54, 1.807) is 5.32 Å². The number of hydrogen-bond acceptors (Lipinski definition) is 4. The van der Waals surface area contributed by atoms with Crippen LogP contribution >= 0.6 is 0 Å². The Kier molecular flexibility index (Phi) is 1.23. The fourth-order valence-electron chi connectivity index (χ4n) is 1.78. The van der Waals surface area contributed by atoms with E-state index in [1.807, 2.05) is 0 Å². The number of imide groups is 1. The molecule has 1 aromatic rings. The zero-order valence-corrected chi connectivity index (χ0v) is 9.46. The minimum atomic E-state index is -3.19. The van der Waals surface area contributed by atoms with Gasteiger partial charge in [-0.1, -0.05) is 6.04 Å². The molecular weight excluding hydrogens is 246 g/mol. The standard InChI is InChI=1S/C13H13N3O3/c14-9-3-1-2-7-8(9)6-16(13(7)19)10-4-5-11(17)15-12(10)18/h1-3,10H,4-6,14H2,(H,15,17,18)/i1D,2D,3D,4D2,6D2,10D. The lowest BCUT2D eigenvalue weighted by atomic mass is 10.0. The Morgan fingerprint density at radius 2 is 2.26 bits per heavy atom. The van der Waals surface area contributed by atoms with Crippen molar-refractivity contribution >= 4 is 23.4 Å². The van der Waals surface area contributed by atoms with Gasteiger partial charge in [0.05, 0.1) is 8.22 Å². The first-order chi connectivity index (χ1) is 12.2. The van der Waals surface area contributed by atoms with Gasteiger partial charge in [0.15, 0.2) is 0 Å². The van der Waals surface area contributed by atoms with Crippen LogP contribution in [0.25, 0.3) is 0 Å². The average Bonchev–Trinajstić information content (AvgIpc) is 2.74. The molecule has 98 valence electrons. The number of carbonyl (C=O) groups is 3. The van der Waals surface area contributed by atoms with Crippen molar-refractivity contribution in [2.24, 2.45) is 0 Å². The maximum Gasteiger partial charge on any atom is 0.255 e. The van der Waals surface area contributed by atoms with Crippen molar-refractivity contribution in [2.75, 3.05) is 5.73 Å². The minimum Gasteiger partial charge on any atom is -0.398 e. The zero-order chi connectivity index (χ0) is 20.7. The number of benzene rings is 1. The summed E-state index contributed by atoms with van der Waals surface area (Å²) in [5.74, 6) is -3.97. The second kappa shape index (κ2) is 4.08. The van der Waals surface area contributed by atoms with E-state index >= 15 is 0 Å². The summed E-state index contributed by atoms with van der Waals surface area (Å²) in [5, 5.41) is 1.72. The average molecular weight is 267 g/mol. The first-order valence-corrected chi connectivity index (χ1v) is 5.28. The second-order valence-electron chi connectivity index (χ2n) is 3.87. The summed E-state index contributed by atoms with van der Waals surface area (Å²) in [6.07, 6.45) is -3.93. The van der Waals surface area contributed by atoms with Gasteiger partial charge in [-0.05, 0) is 18.5 Å². The Hall–Kier alpha value is -2.37. The summed E-state index contributed by atoms with van der Waals surface area (Å²) in [6.45, 7) is -3.04. The van der Waals surface area contributed by atoms with Gasteiger partial charge in [0.25, 0.3) is 5.91 Å². The summed E-state index contributed by atoms with van der Waals surface area (Å²) in [6, 6.07) is -5.47. The third-order valence-corrected chi connectivity index (χ3v) is 2.65.